The van der Waals surface area contributed by atoms with Crippen molar-refractivity contribution >= 4 is 38.1 Å². The van der Waals surface area contributed by atoms with Gasteiger partial charge in [0, 0.05) is 14.5 Å². The maximum Gasteiger partial charge on any atom is 0.152 e. The van der Waals surface area contributed by atoms with Crippen molar-refractivity contribution in [2.45, 2.75) is 0 Å². The van der Waals surface area contributed by atoms with E-state index < -0.39 is 0 Å². The van der Waals surface area contributed by atoms with Gasteiger partial charge in [0.15, 0.2) is 6.29 Å². The summed E-state index contributed by atoms with van der Waals surface area (Å²) in [5.74, 6) is 0. The third-order valence-corrected chi connectivity index (χ3v) is 2.91. The molecule has 2 nitrogen and oxygen atoms in total. The summed E-state index contributed by atoms with van der Waals surface area (Å²) in [7, 11) is 0. The minimum absolute atomic E-state index is 0.459. The molecule has 0 bridgehead atoms. The van der Waals surface area contributed by atoms with Crippen LogP contribution in [-0.2, 0) is 0 Å². The number of nitriles is 1. The first-order valence-corrected chi connectivity index (χ1v) is 4.62. The van der Waals surface area contributed by atoms with E-state index in [9.17, 15) is 4.79 Å². The minimum Gasteiger partial charge on any atom is -0.298 e. The number of benzene rings is 1. The van der Waals surface area contributed by atoms with Gasteiger partial charge in [-0.3, -0.25) is 4.79 Å². The van der Waals surface area contributed by atoms with Gasteiger partial charge in [0.1, 0.15) is 6.07 Å². The topological polar surface area (TPSA) is 40.9 Å². The van der Waals surface area contributed by atoms with Crippen LogP contribution in [-0.4, -0.2) is 6.29 Å². The highest BCUT2D eigenvalue weighted by atomic mass is 79.9. The fourth-order valence-electron chi connectivity index (χ4n) is 0.764. The first-order valence-electron chi connectivity index (χ1n) is 3.04. The van der Waals surface area contributed by atoms with Gasteiger partial charge in [-0.05, 0) is 28.1 Å². The van der Waals surface area contributed by atoms with Crippen LogP contribution >= 0.6 is 31.9 Å². The van der Waals surface area contributed by atoms with E-state index in [0.29, 0.717) is 26.4 Å². The highest BCUT2D eigenvalue weighted by Gasteiger charge is 2.07. The van der Waals surface area contributed by atoms with Crippen molar-refractivity contribution in [1.82, 2.24) is 0 Å². The molecule has 1 aromatic rings. The van der Waals surface area contributed by atoms with Gasteiger partial charge in [0.2, 0.25) is 0 Å². The molecule has 60 valence electrons. The first kappa shape index (κ1) is 9.43. The molecule has 0 amide bonds. The van der Waals surface area contributed by atoms with Crippen molar-refractivity contribution < 1.29 is 4.79 Å². The number of nitrogens with zero attached hydrogens (tertiary/aromatic N) is 1. The Morgan fingerprint density at radius 2 is 2.08 bits per heavy atom. The van der Waals surface area contributed by atoms with Crippen LogP contribution in [0.3, 0.4) is 0 Å². The van der Waals surface area contributed by atoms with E-state index in [1.807, 2.05) is 6.07 Å². The van der Waals surface area contributed by atoms with Gasteiger partial charge in [0.25, 0.3) is 0 Å². The van der Waals surface area contributed by atoms with E-state index in [4.69, 9.17) is 5.26 Å². The molecule has 0 N–H and O–H groups in total. The average molecular weight is 289 g/mol. The largest absolute Gasteiger partial charge is 0.298 e. The van der Waals surface area contributed by atoms with Crippen LogP contribution in [0.5, 0.6) is 0 Å². The Bertz CT molecular complexity index is 368. The van der Waals surface area contributed by atoms with E-state index in [1.54, 1.807) is 12.1 Å². The van der Waals surface area contributed by atoms with Crippen LogP contribution in [0.15, 0.2) is 21.1 Å². The molecule has 0 unspecified atom stereocenters. The molecular formula is C8H3Br2NO. The Labute approximate surface area is 86.5 Å². The van der Waals surface area contributed by atoms with Gasteiger partial charge in [-0.15, -0.1) is 0 Å². The molecule has 0 heterocycles. The molecule has 0 saturated carbocycles. The Hall–Kier alpha value is -0.660. The Kier molecular flexibility index (Phi) is 3.01. The van der Waals surface area contributed by atoms with E-state index in [2.05, 4.69) is 31.9 Å². The molecule has 0 aliphatic rings. The van der Waals surface area contributed by atoms with Gasteiger partial charge < -0.3 is 0 Å². The zero-order valence-electron chi connectivity index (χ0n) is 5.84. The Morgan fingerprint density at radius 1 is 1.42 bits per heavy atom. The number of hydrogen-bond acceptors (Lipinski definition) is 2. The predicted octanol–water partition coefficient (Wildman–Crippen LogP) is 2.90. The number of hydrogen-bond donors (Lipinski definition) is 0. The molecule has 0 fully saturated rings. The monoisotopic (exact) mass is 287 g/mol. The highest BCUT2D eigenvalue weighted by Crippen LogP contribution is 2.26. The Balaban J connectivity index is 3.46. The fourth-order valence-corrected chi connectivity index (χ4v) is 1.98. The van der Waals surface area contributed by atoms with Crippen LogP contribution in [0.4, 0.5) is 0 Å². The number of rotatable bonds is 1. The maximum atomic E-state index is 10.5. The lowest BCUT2D eigenvalue weighted by Crippen LogP contribution is -1.88. The van der Waals surface area contributed by atoms with Crippen molar-refractivity contribution in [3.05, 3.63) is 32.2 Å². The second-order valence-electron chi connectivity index (χ2n) is 2.05. The van der Waals surface area contributed by atoms with Crippen LogP contribution in [0.2, 0.25) is 0 Å². The lowest BCUT2D eigenvalue weighted by Gasteiger charge is -2.00. The summed E-state index contributed by atoms with van der Waals surface area (Å²) in [6.07, 6.45) is 0.703. The summed E-state index contributed by atoms with van der Waals surface area (Å²) in [6, 6.07) is 5.28. The predicted molar refractivity (Wildman–Crippen MR) is 51.9 cm³/mol. The van der Waals surface area contributed by atoms with Gasteiger partial charge in [0.05, 0.1) is 5.56 Å². The van der Waals surface area contributed by atoms with Crippen LogP contribution in [0.1, 0.15) is 15.9 Å². The number of carbonyl (C=O) groups excluding carboxylic acids is 1. The van der Waals surface area contributed by atoms with Gasteiger partial charge >= 0.3 is 0 Å². The summed E-state index contributed by atoms with van der Waals surface area (Å²) in [4.78, 5) is 10.5. The van der Waals surface area contributed by atoms with E-state index in [-0.39, 0.29) is 0 Å². The molecule has 0 aliphatic heterocycles. The second kappa shape index (κ2) is 3.83. The molecular weight excluding hydrogens is 286 g/mol. The van der Waals surface area contributed by atoms with Crippen molar-refractivity contribution in [1.29, 1.82) is 5.26 Å². The fraction of sp³-hybridized carbons (Fsp3) is 0. The summed E-state index contributed by atoms with van der Waals surface area (Å²) >= 11 is 6.37. The van der Waals surface area contributed by atoms with Crippen molar-refractivity contribution in [2.75, 3.05) is 0 Å². The molecule has 0 aliphatic carbocycles. The molecule has 1 rings (SSSR count). The average Bonchev–Trinajstić information content (AvgIpc) is 2.06. The van der Waals surface area contributed by atoms with Crippen LogP contribution in [0.25, 0.3) is 0 Å². The molecule has 0 spiro atoms. The third kappa shape index (κ3) is 1.57. The highest BCUT2D eigenvalue weighted by molar-refractivity contribution is 9.11. The number of aldehydes is 1. The lowest BCUT2D eigenvalue weighted by atomic mass is 10.1. The van der Waals surface area contributed by atoms with Gasteiger partial charge in [-0.2, -0.15) is 5.26 Å². The molecule has 0 aromatic heterocycles. The Morgan fingerprint density at radius 3 is 2.58 bits per heavy atom. The normalized spacial score (nSPS) is 9.08. The molecule has 0 radical (unpaired) electrons. The molecule has 12 heavy (non-hydrogen) atoms. The summed E-state index contributed by atoms with van der Waals surface area (Å²) in [5, 5.41) is 8.62. The number of halogens is 2. The summed E-state index contributed by atoms with van der Waals surface area (Å²) < 4.78 is 1.22. The van der Waals surface area contributed by atoms with E-state index in [1.165, 1.54) is 0 Å². The SMILES string of the molecule is N#Cc1ccc(Br)c(C=O)c1Br. The quantitative estimate of drug-likeness (QED) is 0.746. The van der Waals surface area contributed by atoms with Crippen molar-refractivity contribution in [3.63, 3.8) is 0 Å². The number of carbonyl (C=O) groups is 1. The van der Waals surface area contributed by atoms with Crippen molar-refractivity contribution in [3.8, 4) is 6.07 Å². The second-order valence-corrected chi connectivity index (χ2v) is 3.70. The standard InChI is InChI=1S/C8H3Br2NO/c9-7-2-1-5(3-11)8(10)6(7)4-12/h1-2,4H. The molecule has 0 saturated heterocycles. The smallest absolute Gasteiger partial charge is 0.152 e. The van der Waals surface area contributed by atoms with Crippen LogP contribution in [0, 0.1) is 11.3 Å². The molecule has 1 aromatic carbocycles. The lowest BCUT2D eigenvalue weighted by molar-refractivity contribution is 0.112. The van der Waals surface area contributed by atoms with Gasteiger partial charge in [-0.1, -0.05) is 15.9 Å². The van der Waals surface area contributed by atoms with Crippen molar-refractivity contribution in [2.24, 2.45) is 0 Å². The zero-order valence-corrected chi connectivity index (χ0v) is 9.02. The minimum atomic E-state index is 0.459. The van der Waals surface area contributed by atoms with E-state index in [0.717, 1.165) is 0 Å². The summed E-state index contributed by atoms with van der Waals surface area (Å²) in [5.41, 5.74) is 0.925. The zero-order chi connectivity index (χ0) is 9.14. The van der Waals surface area contributed by atoms with Gasteiger partial charge in [-0.25, -0.2) is 0 Å². The molecule has 0 atom stereocenters. The van der Waals surface area contributed by atoms with E-state index >= 15 is 0 Å². The summed E-state index contributed by atoms with van der Waals surface area (Å²) in [6.45, 7) is 0. The molecule has 4 heteroatoms. The maximum absolute atomic E-state index is 10.5. The first-order chi connectivity index (χ1) is 5.70. The third-order valence-electron chi connectivity index (χ3n) is 1.36. The van der Waals surface area contributed by atoms with Crippen LogP contribution < -0.4 is 0 Å².